The maximum absolute atomic E-state index is 6.43. The molecule has 5 heteroatoms. The number of anilines is 1. The molecule has 1 aliphatic heterocycles. The molecule has 0 saturated carbocycles. The molecule has 0 bridgehead atoms. The summed E-state index contributed by atoms with van der Waals surface area (Å²) in [6.07, 6.45) is 20.3. The van der Waals surface area contributed by atoms with Crippen molar-refractivity contribution in [1.82, 2.24) is 15.3 Å². The molecule has 37 heavy (non-hydrogen) atoms. The number of benzene rings is 1. The number of pyridine rings is 2. The van der Waals surface area contributed by atoms with Crippen LogP contribution in [0.4, 0.5) is 5.69 Å². The van der Waals surface area contributed by atoms with Crippen LogP contribution >= 0.6 is 11.6 Å². The summed E-state index contributed by atoms with van der Waals surface area (Å²) in [7, 11) is 0. The molecule has 0 amide bonds. The van der Waals surface area contributed by atoms with Crippen LogP contribution in [0.5, 0.6) is 0 Å². The summed E-state index contributed by atoms with van der Waals surface area (Å²) in [6, 6.07) is 6.47. The number of allylic oxidation sites excluding steroid dienone is 2. The molecule has 0 spiro atoms. The van der Waals surface area contributed by atoms with Crippen molar-refractivity contribution in [3.05, 3.63) is 82.8 Å². The number of aromatic nitrogens is 2. The van der Waals surface area contributed by atoms with E-state index < -0.39 is 0 Å². The predicted molar refractivity (Wildman–Crippen MR) is 156 cm³/mol. The number of nitrogens with one attached hydrogen (secondary N) is 1. The third-order valence-corrected chi connectivity index (χ3v) is 8.33. The highest BCUT2D eigenvalue weighted by Crippen LogP contribution is 2.39. The van der Waals surface area contributed by atoms with E-state index in [1.807, 2.05) is 30.7 Å². The summed E-state index contributed by atoms with van der Waals surface area (Å²) < 4.78 is 0. The Labute approximate surface area is 225 Å². The number of hydrogen-bond acceptors (Lipinski definition) is 4. The van der Waals surface area contributed by atoms with E-state index in [0.717, 1.165) is 63.4 Å². The van der Waals surface area contributed by atoms with E-state index in [4.69, 9.17) is 21.6 Å². The van der Waals surface area contributed by atoms with Gasteiger partial charge in [0.2, 0.25) is 0 Å². The molecule has 1 atom stereocenters. The van der Waals surface area contributed by atoms with E-state index >= 15 is 0 Å². The summed E-state index contributed by atoms with van der Waals surface area (Å²) in [5.74, 6) is 0. The molecule has 190 valence electrons. The fourth-order valence-corrected chi connectivity index (χ4v) is 6.65. The second-order valence-electron chi connectivity index (χ2n) is 10.7. The van der Waals surface area contributed by atoms with Gasteiger partial charge in [-0.15, -0.1) is 0 Å². The zero-order chi connectivity index (χ0) is 25.4. The van der Waals surface area contributed by atoms with Gasteiger partial charge in [0, 0.05) is 58.9 Å². The minimum absolute atomic E-state index is 0.316. The minimum Gasteiger partial charge on any atom is -0.378 e. The third-order valence-electron chi connectivity index (χ3n) is 8.11. The molecule has 3 aromatic rings. The van der Waals surface area contributed by atoms with Crippen molar-refractivity contribution in [3.8, 4) is 11.1 Å². The van der Waals surface area contributed by atoms with Crippen LogP contribution in [0.1, 0.15) is 62.5 Å². The van der Waals surface area contributed by atoms with Gasteiger partial charge in [0.15, 0.2) is 0 Å². The van der Waals surface area contributed by atoms with Gasteiger partial charge in [0.25, 0.3) is 0 Å². The van der Waals surface area contributed by atoms with Gasteiger partial charge in [-0.1, -0.05) is 42.0 Å². The second-order valence-corrected chi connectivity index (χ2v) is 11.2. The summed E-state index contributed by atoms with van der Waals surface area (Å²) in [5, 5.41) is 5.65. The number of nitrogens with zero attached hydrogens (tertiary/aromatic N) is 3. The number of fused-ring (bicyclic) bond motifs is 1. The van der Waals surface area contributed by atoms with Gasteiger partial charge in [0.05, 0.1) is 17.2 Å². The monoisotopic (exact) mass is 510 g/mol. The Bertz CT molecular complexity index is 1390. The van der Waals surface area contributed by atoms with Crippen LogP contribution in [-0.4, -0.2) is 29.1 Å². The molecule has 2 aliphatic carbocycles. The fourth-order valence-electron chi connectivity index (χ4n) is 6.36. The average molecular weight is 511 g/mol. The van der Waals surface area contributed by atoms with Gasteiger partial charge in [-0.25, -0.2) is 0 Å². The van der Waals surface area contributed by atoms with Crippen LogP contribution < -0.4 is 10.2 Å². The number of rotatable bonds is 5. The predicted octanol–water partition coefficient (Wildman–Crippen LogP) is 8.01. The van der Waals surface area contributed by atoms with Gasteiger partial charge >= 0.3 is 0 Å². The standard InChI is InChI=1S/C32H35ClN4/c1-21-15-24(17-25(33)16-21)28-18-34-19-29-31(28)35-20-27(32(29)37-13-6-3-7-14-37)22(2)36-30-12-8-10-23-9-4-5-11-26(23)30/h5,11,15-20,30,36H,2-4,6-10,12-14H2,1H3. The fraction of sp³-hybridized carbons (Fsp3) is 0.375. The van der Waals surface area contributed by atoms with Gasteiger partial charge in [-0.3, -0.25) is 9.97 Å². The first-order valence-corrected chi connectivity index (χ1v) is 14.1. The first-order chi connectivity index (χ1) is 18.1. The normalized spacial score (nSPS) is 19.7. The van der Waals surface area contributed by atoms with Crippen LogP contribution in [0, 0.1) is 6.92 Å². The first-order valence-electron chi connectivity index (χ1n) is 13.7. The highest BCUT2D eigenvalue weighted by atomic mass is 35.5. The molecule has 2 aromatic heterocycles. The van der Waals surface area contributed by atoms with Crippen molar-refractivity contribution in [2.45, 2.75) is 64.3 Å². The zero-order valence-corrected chi connectivity index (χ0v) is 22.4. The van der Waals surface area contributed by atoms with Crippen molar-refractivity contribution in [3.63, 3.8) is 0 Å². The SMILES string of the molecule is C=C(NC1CCCC2=C1C=CCC2)c1cnc2c(-c3cc(C)cc(Cl)c3)cncc2c1N1CCCCC1. The van der Waals surface area contributed by atoms with Gasteiger partial charge in [-0.2, -0.15) is 0 Å². The van der Waals surface area contributed by atoms with Crippen molar-refractivity contribution in [2.75, 3.05) is 18.0 Å². The molecule has 1 saturated heterocycles. The van der Waals surface area contributed by atoms with Crippen LogP contribution in [0.15, 0.2) is 66.7 Å². The minimum atomic E-state index is 0.316. The molecule has 1 N–H and O–H groups in total. The molecular formula is C32H35ClN4. The van der Waals surface area contributed by atoms with E-state index in [0.29, 0.717) is 6.04 Å². The summed E-state index contributed by atoms with van der Waals surface area (Å²) >= 11 is 6.43. The number of hydrogen-bond donors (Lipinski definition) is 1. The Balaban J connectivity index is 1.44. The topological polar surface area (TPSA) is 41.1 Å². The molecular weight excluding hydrogens is 476 g/mol. The highest BCUT2D eigenvalue weighted by Gasteiger charge is 2.26. The lowest BCUT2D eigenvalue weighted by molar-refractivity contribution is 0.543. The van der Waals surface area contributed by atoms with Crippen LogP contribution in [0.2, 0.25) is 5.02 Å². The molecule has 6 rings (SSSR count). The van der Waals surface area contributed by atoms with E-state index in [1.54, 1.807) is 5.57 Å². The van der Waals surface area contributed by atoms with Crippen LogP contribution in [0.25, 0.3) is 27.7 Å². The first kappa shape index (κ1) is 24.2. The van der Waals surface area contributed by atoms with Crippen molar-refractivity contribution >= 4 is 33.9 Å². The van der Waals surface area contributed by atoms with E-state index in [2.05, 4.69) is 41.9 Å². The Morgan fingerprint density at radius 2 is 1.92 bits per heavy atom. The van der Waals surface area contributed by atoms with E-state index in [9.17, 15) is 0 Å². The van der Waals surface area contributed by atoms with Crippen molar-refractivity contribution in [1.29, 1.82) is 0 Å². The summed E-state index contributed by atoms with van der Waals surface area (Å²) in [5.41, 5.74) is 10.5. The number of halogens is 1. The smallest absolute Gasteiger partial charge is 0.0832 e. The molecule has 3 heterocycles. The van der Waals surface area contributed by atoms with Crippen molar-refractivity contribution in [2.24, 2.45) is 0 Å². The Kier molecular flexibility index (Phi) is 6.77. The van der Waals surface area contributed by atoms with E-state index in [-0.39, 0.29) is 0 Å². The number of piperidine rings is 1. The second kappa shape index (κ2) is 10.3. The lowest BCUT2D eigenvalue weighted by Crippen LogP contribution is -2.34. The van der Waals surface area contributed by atoms with Gasteiger partial charge < -0.3 is 10.2 Å². The molecule has 4 nitrogen and oxygen atoms in total. The van der Waals surface area contributed by atoms with Gasteiger partial charge in [-0.05, 0) is 87.1 Å². The maximum Gasteiger partial charge on any atom is 0.0832 e. The van der Waals surface area contributed by atoms with E-state index in [1.165, 1.54) is 56.2 Å². The number of aryl methyl sites for hydroxylation is 1. The zero-order valence-electron chi connectivity index (χ0n) is 21.7. The third kappa shape index (κ3) is 4.80. The Morgan fingerprint density at radius 3 is 2.76 bits per heavy atom. The lowest BCUT2D eigenvalue weighted by atomic mass is 9.82. The Morgan fingerprint density at radius 1 is 1.05 bits per heavy atom. The molecule has 0 radical (unpaired) electrons. The highest BCUT2D eigenvalue weighted by molar-refractivity contribution is 6.31. The van der Waals surface area contributed by atoms with Crippen LogP contribution in [0.3, 0.4) is 0 Å². The lowest BCUT2D eigenvalue weighted by Gasteiger charge is -2.34. The summed E-state index contributed by atoms with van der Waals surface area (Å²) in [4.78, 5) is 12.3. The van der Waals surface area contributed by atoms with Crippen molar-refractivity contribution < 1.29 is 0 Å². The largest absolute Gasteiger partial charge is 0.378 e. The molecule has 3 aliphatic rings. The summed E-state index contributed by atoms with van der Waals surface area (Å²) in [6.45, 7) is 8.72. The molecule has 1 aromatic carbocycles. The quantitative estimate of drug-likeness (QED) is 0.377. The molecule has 1 fully saturated rings. The van der Waals surface area contributed by atoms with Crippen LogP contribution in [-0.2, 0) is 0 Å². The Hall–Kier alpha value is -3.11. The average Bonchev–Trinajstić information content (AvgIpc) is 2.92. The molecule has 1 unspecified atom stereocenters. The van der Waals surface area contributed by atoms with Gasteiger partial charge in [0.1, 0.15) is 0 Å². The maximum atomic E-state index is 6.43.